The molecule has 2 nitrogen and oxygen atoms in total. The van der Waals surface area contributed by atoms with Crippen LogP contribution in [-0.4, -0.2) is 21.8 Å². The summed E-state index contributed by atoms with van der Waals surface area (Å²) in [4.78, 5) is 10.1. The van der Waals surface area contributed by atoms with Crippen LogP contribution in [0.25, 0.3) is 11.0 Å². The molecule has 0 radical (unpaired) electrons. The van der Waals surface area contributed by atoms with Crippen molar-refractivity contribution >= 4 is 24.4 Å². The summed E-state index contributed by atoms with van der Waals surface area (Å²) in [5.74, 6) is 0.381. The Bertz CT molecular complexity index is 607. The van der Waals surface area contributed by atoms with Gasteiger partial charge in [-0.15, -0.1) is 0 Å². The Hall–Kier alpha value is -1.01. The summed E-state index contributed by atoms with van der Waals surface area (Å²) in [6, 6.07) is 8.23. The fourth-order valence-corrected chi connectivity index (χ4v) is 3.75. The molecule has 1 aromatic carbocycles. The van der Waals surface area contributed by atoms with Crippen molar-refractivity contribution in [2.75, 3.05) is 6.66 Å². The molecule has 0 saturated carbocycles. The van der Waals surface area contributed by atoms with Crippen LogP contribution in [0.5, 0.6) is 0 Å². The topological polar surface area (TPSA) is 25.8 Å². The van der Waals surface area contributed by atoms with E-state index in [1.165, 1.54) is 11.1 Å². The molecule has 0 saturated heterocycles. The van der Waals surface area contributed by atoms with E-state index in [1.807, 2.05) is 12.1 Å². The molecular formula is C19H29N2P. The highest BCUT2D eigenvalue weighted by Crippen LogP contribution is 2.47. The molecule has 0 unspecified atom stereocenters. The van der Waals surface area contributed by atoms with Gasteiger partial charge in [-0.3, -0.25) is 0 Å². The molecule has 2 atom stereocenters. The Kier molecular flexibility index (Phi) is 4.64. The van der Waals surface area contributed by atoms with Crippen LogP contribution in [0, 0.1) is 5.41 Å². The summed E-state index contributed by atoms with van der Waals surface area (Å²) >= 11 is 0. The van der Waals surface area contributed by atoms with Gasteiger partial charge in [0.1, 0.15) is 0 Å². The van der Waals surface area contributed by atoms with E-state index in [0.29, 0.717) is 5.92 Å². The van der Waals surface area contributed by atoms with E-state index in [9.17, 15) is 0 Å². The maximum atomic E-state index is 5.04. The van der Waals surface area contributed by atoms with Crippen molar-refractivity contribution in [3.63, 3.8) is 0 Å². The Balaban J connectivity index is 2.70. The molecule has 0 N–H and O–H groups in total. The van der Waals surface area contributed by atoms with Gasteiger partial charge in [-0.05, 0) is 29.4 Å². The summed E-state index contributed by atoms with van der Waals surface area (Å²) in [7, 11) is -0.364. The van der Waals surface area contributed by atoms with Gasteiger partial charge in [0.05, 0.1) is 22.2 Å². The molecule has 0 aliphatic rings. The molecule has 120 valence electrons. The molecule has 0 spiro atoms. The Morgan fingerprint density at radius 2 is 1.41 bits per heavy atom. The van der Waals surface area contributed by atoms with Gasteiger partial charge in [0.15, 0.2) is 0 Å². The lowest BCUT2D eigenvalue weighted by Gasteiger charge is -2.33. The summed E-state index contributed by atoms with van der Waals surface area (Å²) in [5, 5.41) is 0.235. The fraction of sp³-hybridized carbons (Fsp3) is 0.579. The Morgan fingerprint density at radius 3 is 1.86 bits per heavy atom. The Labute approximate surface area is 136 Å². The number of rotatable bonds is 2. The molecular weight excluding hydrogens is 287 g/mol. The first-order valence-corrected chi connectivity index (χ1v) is 9.81. The van der Waals surface area contributed by atoms with E-state index in [1.54, 1.807) is 0 Å². The minimum Gasteiger partial charge on any atom is -0.249 e. The van der Waals surface area contributed by atoms with Crippen LogP contribution in [0.4, 0.5) is 0 Å². The van der Waals surface area contributed by atoms with Crippen molar-refractivity contribution in [2.24, 2.45) is 5.41 Å². The molecule has 22 heavy (non-hydrogen) atoms. The van der Waals surface area contributed by atoms with Gasteiger partial charge >= 0.3 is 0 Å². The monoisotopic (exact) mass is 316 g/mol. The van der Waals surface area contributed by atoms with Crippen LogP contribution in [0.2, 0.25) is 0 Å². The second kappa shape index (κ2) is 5.89. The summed E-state index contributed by atoms with van der Waals surface area (Å²) in [5.41, 5.74) is 4.62. The van der Waals surface area contributed by atoms with Crippen LogP contribution in [-0.2, 0) is 0 Å². The van der Waals surface area contributed by atoms with Gasteiger partial charge < -0.3 is 0 Å². The molecule has 3 heteroatoms. The second-order valence-corrected chi connectivity index (χ2v) is 11.1. The first-order valence-electron chi connectivity index (χ1n) is 8.02. The first kappa shape index (κ1) is 17.3. The van der Waals surface area contributed by atoms with Gasteiger partial charge in [-0.1, -0.05) is 68.5 Å². The van der Waals surface area contributed by atoms with Crippen molar-refractivity contribution in [1.29, 1.82) is 0 Å². The molecule has 2 rings (SSSR count). The molecule has 0 aliphatic heterocycles. The fourth-order valence-electron chi connectivity index (χ4n) is 2.27. The van der Waals surface area contributed by atoms with E-state index in [-0.39, 0.29) is 18.5 Å². The smallest absolute Gasteiger partial charge is 0.0894 e. The molecule has 1 heterocycles. The van der Waals surface area contributed by atoms with Gasteiger partial charge in [-0.2, -0.15) is 0 Å². The van der Waals surface area contributed by atoms with Gasteiger partial charge in [0.25, 0.3) is 0 Å². The lowest BCUT2D eigenvalue weighted by Crippen LogP contribution is -2.29. The van der Waals surface area contributed by atoms with Crippen molar-refractivity contribution in [3.8, 4) is 0 Å². The number of nitrogens with zero attached hydrogens (tertiary/aromatic N) is 2. The normalized spacial score (nSPS) is 15.8. The highest BCUT2D eigenvalue weighted by atomic mass is 31.1. The number of benzene rings is 1. The highest BCUT2D eigenvalue weighted by Gasteiger charge is 2.31. The van der Waals surface area contributed by atoms with Crippen molar-refractivity contribution in [1.82, 2.24) is 9.97 Å². The average molecular weight is 316 g/mol. The van der Waals surface area contributed by atoms with Gasteiger partial charge in [0.2, 0.25) is 0 Å². The number of fused-ring (bicyclic) bond motifs is 1. The predicted octanol–water partition coefficient (Wildman–Crippen LogP) is 5.31. The molecule has 0 amide bonds. The zero-order chi connectivity index (χ0) is 16.7. The minimum absolute atomic E-state index is 0.181. The third-order valence-electron chi connectivity index (χ3n) is 4.61. The van der Waals surface area contributed by atoms with E-state index < -0.39 is 0 Å². The zero-order valence-corrected chi connectivity index (χ0v) is 16.1. The SMILES string of the molecule is C[C@@H](c1nc2ccccc2nc1[P@@](C)C(C)(C)C)C(C)(C)C. The summed E-state index contributed by atoms with van der Waals surface area (Å²) in [6.07, 6.45) is 0. The number of hydrogen-bond acceptors (Lipinski definition) is 2. The maximum Gasteiger partial charge on any atom is 0.0894 e. The van der Waals surface area contributed by atoms with Crippen molar-refractivity contribution in [2.45, 2.75) is 59.5 Å². The number of aromatic nitrogens is 2. The molecule has 0 fully saturated rings. The second-order valence-electron chi connectivity index (χ2n) is 8.24. The third kappa shape index (κ3) is 3.49. The summed E-state index contributed by atoms with van der Waals surface area (Å²) < 4.78 is 0. The standard InChI is InChI=1S/C19H29N2P/c1-13(18(2,3)4)16-17(22(8)19(5,6)7)21-15-12-10-9-11-14(15)20-16/h9-13H,1-8H3/t13-,22+/m0/s1. The van der Waals surface area contributed by atoms with Crippen LogP contribution in [0.15, 0.2) is 24.3 Å². The van der Waals surface area contributed by atoms with Crippen LogP contribution in [0.3, 0.4) is 0 Å². The van der Waals surface area contributed by atoms with Crippen LogP contribution < -0.4 is 5.44 Å². The lowest BCUT2D eigenvalue weighted by molar-refractivity contribution is 0.335. The quantitative estimate of drug-likeness (QED) is 0.701. The molecule has 0 bridgehead atoms. The highest BCUT2D eigenvalue weighted by molar-refractivity contribution is 7.66. The zero-order valence-electron chi connectivity index (χ0n) is 15.2. The average Bonchev–Trinajstić information content (AvgIpc) is 2.42. The molecule has 1 aromatic heterocycles. The molecule has 0 aliphatic carbocycles. The third-order valence-corrected chi connectivity index (χ3v) is 7.59. The predicted molar refractivity (Wildman–Crippen MR) is 99.6 cm³/mol. The van der Waals surface area contributed by atoms with E-state index in [4.69, 9.17) is 9.97 Å². The van der Waals surface area contributed by atoms with Gasteiger partial charge in [-0.25, -0.2) is 9.97 Å². The largest absolute Gasteiger partial charge is 0.249 e. The molecule has 2 aromatic rings. The van der Waals surface area contributed by atoms with E-state index in [0.717, 1.165) is 11.0 Å². The van der Waals surface area contributed by atoms with Crippen molar-refractivity contribution < 1.29 is 0 Å². The maximum absolute atomic E-state index is 5.04. The minimum atomic E-state index is -0.364. The number of para-hydroxylation sites is 2. The summed E-state index contributed by atoms with van der Waals surface area (Å²) in [6.45, 7) is 18.4. The number of hydrogen-bond donors (Lipinski definition) is 0. The van der Waals surface area contributed by atoms with Crippen molar-refractivity contribution in [3.05, 3.63) is 30.0 Å². The van der Waals surface area contributed by atoms with E-state index >= 15 is 0 Å². The lowest BCUT2D eigenvalue weighted by atomic mass is 9.80. The Morgan fingerprint density at radius 1 is 0.909 bits per heavy atom. The van der Waals surface area contributed by atoms with Crippen LogP contribution >= 0.6 is 7.92 Å². The van der Waals surface area contributed by atoms with Crippen LogP contribution in [0.1, 0.15) is 60.1 Å². The first-order chi connectivity index (χ1) is 10.0. The van der Waals surface area contributed by atoms with Gasteiger partial charge in [0, 0.05) is 5.92 Å². The van der Waals surface area contributed by atoms with E-state index in [2.05, 4.69) is 67.3 Å².